The third-order valence-corrected chi connectivity index (χ3v) is 3.23. The first kappa shape index (κ1) is 14.8. The molecule has 0 aliphatic rings. The lowest BCUT2D eigenvalue weighted by Gasteiger charge is -2.11. The third-order valence-electron chi connectivity index (χ3n) is 3.23. The highest BCUT2D eigenvalue weighted by Crippen LogP contribution is 2.25. The van der Waals surface area contributed by atoms with Gasteiger partial charge in [-0.05, 0) is 43.3 Å². The van der Waals surface area contributed by atoms with Gasteiger partial charge in [0.05, 0.1) is 5.56 Å². The molecule has 3 aromatic rings. The van der Waals surface area contributed by atoms with Crippen LogP contribution in [0.4, 0.5) is 5.82 Å². The zero-order valence-corrected chi connectivity index (χ0v) is 12.7. The van der Waals surface area contributed by atoms with Crippen molar-refractivity contribution < 1.29 is 9.53 Å². The monoisotopic (exact) mass is 304 g/mol. The van der Waals surface area contributed by atoms with E-state index in [2.05, 4.69) is 10.3 Å². The number of benzene rings is 2. The van der Waals surface area contributed by atoms with Gasteiger partial charge >= 0.3 is 0 Å². The molecule has 3 rings (SSSR count). The quantitative estimate of drug-likeness (QED) is 0.775. The fourth-order valence-electron chi connectivity index (χ4n) is 2.16. The van der Waals surface area contributed by atoms with Crippen molar-refractivity contribution in [2.75, 3.05) is 5.32 Å². The number of nitrogens with zero attached hydrogens (tertiary/aromatic N) is 1. The van der Waals surface area contributed by atoms with Crippen LogP contribution in [0.3, 0.4) is 0 Å². The molecule has 0 bridgehead atoms. The topological polar surface area (TPSA) is 51.2 Å². The first-order valence-corrected chi connectivity index (χ1v) is 7.29. The molecule has 0 aliphatic heterocycles. The molecule has 0 atom stereocenters. The average molecular weight is 304 g/mol. The smallest absolute Gasteiger partial charge is 0.260 e. The third kappa shape index (κ3) is 3.74. The van der Waals surface area contributed by atoms with E-state index in [1.54, 1.807) is 24.3 Å². The van der Waals surface area contributed by atoms with Crippen LogP contribution >= 0.6 is 0 Å². The van der Waals surface area contributed by atoms with Crippen LogP contribution in [0, 0.1) is 6.92 Å². The number of nitrogens with one attached hydrogen (secondary N) is 1. The van der Waals surface area contributed by atoms with Crippen LogP contribution in [0.25, 0.3) is 0 Å². The zero-order chi connectivity index (χ0) is 16.1. The van der Waals surface area contributed by atoms with Crippen molar-refractivity contribution in [3.05, 3.63) is 84.1 Å². The number of aryl methyl sites for hydroxylation is 1. The Morgan fingerprint density at radius 3 is 2.43 bits per heavy atom. The molecule has 4 nitrogen and oxygen atoms in total. The number of rotatable bonds is 4. The molecule has 114 valence electrons. The highest BCUT2D eigenvalue weighted by Gasteiger charge is 2.13. The lowest BCUT2D eigenvalue weighted by Crippen LogP contribution is -2.14. The van der Waals surface area contributed by atoms with Crippen LogP contribution < -0.4 is 10.1 Å². The molecule has 1 N–H and O–H groups in total. The summed E-state index contributed by atoms with van der Waals surface area (Å²) in [5.74, 6) is 1.45. The molecule has 0 saturated heterocycles. The Bertz CT molecular complexity index is 816. The second-order valence-electron chi connectivity index (χ2n) is 5.03. The Morgan fingerprint density at radius 2 is 1.65 bits per heavy atom. The van der Waals surface area contributed by atoms with Crippen molar-refractivity contribution in [3.63, 3.8) is 0 Å². The fourth-order valence-corrected chi connectivity index (χ4v) is 2.16. The highest BCUT2D eigenvalue weighted by molar-refractivity contribution is 6.05. The Hall–Kier alpha value is -3.14. The molecule has 23 heavy (non-hydrogen) atoms. The maximum atomic E-state index is 12.5. The van der Waals surface area contributed by atoms with Crippen molar-refractivity contribution in [1.82, 2.24) is 4.98 Å². The van der Waals surface area contributed by atoms with Gasteiger partial charge in [0.2, 0.25) is 0 Å². The Morgan fingerprint density at radius 1 is 0.913 bits per heavy atom. The summed E-state index contributed by atoms with van der Waals surface area (Å²) in [5.41, 5.74) is 1.30. The van der Waals surface area contributed by atoms with E-state index < -0.39 is 0 Å². The summed E-state index contributed by atoms with van der Waals surface area (Å²) in [7, 11) is 0. The van der Waals surface area contributed by atoms with E-state index in [0.29, 0.717) is 22.9 Å². The molecule has 1 aromatic heterocycles. The number of amides is 1. The molecule has 2 aromatic carbocycles. The lowest BCUT2D eigenvalue weighted by atomic mass is 10.2. The van der Waals surface area contributed by atoms with Gasteiger partial charge in [-0.25, -0.2) is 4.98 Å². The van der Waals surface area contributed by atoms with Crippen LogP contribution in [0.15, 0.2) is 72.8 Å². The van der Waals surface area contributed by atoms with Crippen LogP contribution in [-0.2, 0) is 0 Å². The molecule has 0 radical (unpaired) electrons. The molecule has 4 heteroatoms. The van der Waals surface area contributed by atoms with Gasteiger partial charge < -0.3 is 10.1 Å². The van der Waals surface area contributed by atoms with Crippen LogP contribution in [-0.4, -0.2) is 10.9 Å². The second-order valence-corrected chi connectivity index (χ2v) is 5.03. The minimum absolute atomic E-state index is 0.255. The minimum atomic E-state index is -0.255. The van der Waals surface area contributed by atoms with Crippen molar-refractivity contribution in [2.24, 2.45) is 0 Å². The van der Waals surface area contributed by atoms with Gasteiger partial charge in [-0.15, -0.1) is 0 Å². The van der Waals surface area contributed by atoms with E-state index in [0.717, 1.165) is 5.69 Å². The number of hydrogen-bond acceptors (Lipinski definition) is 3. The summed E-state index contributed by atoms with van der Waals surface area (Å²) in [6, 6.07) is 22.0. The summed E-state index contributed by atoms with van der Waals surface area (Å²) < 4.78 is 5.81. The van der Waals surface area contributed by atoms with Crippen molar-refractivity contribution >= 4 is 11.7 Å². The van der Waals surface area contributed by atoms with E-state index in [1.807, 2.05) is 55.5 Å². The maximum absolute atomic E-state index is 12.5. The van der Waals surface area contributed by atoms with E-state index in [9.17, 15) is 4.79 Å². The zero-order valence-electron chi connectivity index (χ0n) is 12.7. The minimum Gasteiger partial charge on any atom is -0.457 e. The fraction of sp³-hybridized carbons (Fsp3) is 0.0526. The molecule has 0 saturated carbocycles. The molecule has 1 heterocycles. The van der Waals surface area contributed by atoms with Crippen LogP contribution in [0.2, 0.25) is 0 Å². The molecule has 0 spiro atoms. The van der Waals surface area contributed by atoms with Crippen molar-refractivity contribution in [2.45, 2.75) is 6.92 Å². The highest BCUT2D eigenvalue weighted by atomic mass is 16.5. The Balaban J connectivity index is 1.83. The van der Waals surface area contributed by atoms with Crippen molar-refractivity contribution in [3.8, 4) is 11.5 Å². The van der Waals surface area contributed by atoms with E-state index >= 15 is 0 Å². The van der Waals surface area contributed by atoms with Gasteiger partial charge in [-0.1, -0.05) is 36.4 Å². The predicted molar refractivity (Wildman–Crippen MR) is 89.9 cm³/mol. The number of carbonyl (C=O) groups is 1. The van der Waals surface area contributed by atoms with Gasteiger partial charge in [0.25, 0.3) is 5.91 Å². The van der Waals surface area contributed by atoms with Crippen LogP contribution in [0.1, 0.15) is 16.1 Å². The average Bonchev–Trinajstić information content (AvgIpc) is 2.56. The number of ether oxygens (including phenoxy) is 1. The van der Waals surface area contributed by atoms with Crippen LogP contribution in [0.5, 0.6) is 11.5 Å². The molecule has 0 fully saturated rings. The first-order chi connectivity index (χ1) is 11.2. The van der Waals surface area contributed by atoms with Gasteiger partial charge in [-0.3, -0.25) is 4.79 Å². The molecule has 0 aliphatic carbocycles. The summed E-state index contributed by atoms with van der Waals surface area (Å²) >= 11 is 0. The van der Waals surface area contributed by atoms with Gasteiger partial charge in [0, 0.05) is 5.69 Å². The number of para-hydroxylation sites is 2. The maximum Gasteiger partial charge on any atom is 0.260 e. The number of carbonyl (C=O) groups excluding carboxylic acids is 1. The summed E-state index contributed by atoms with van der Waals surface area (Å²) in [4.78, 5) is 16.8. The van der Waals surface area contributed by atoms with Gasteiger partial charge in [-0.2, -0.15) is 0 Å². The second kappa shape index (κ2) is 6.75. The Kier molecular flexibility index (Phi) is 4.34. The summed E-state index contributed by atoms with van der Waals surface area (Å²) in [6.45, 7) is 1.88. The lowest BCUT2D eigenvalue weighted by molar-refractivity contribution is 0.102. The first-order valence-electron chi connectivity index (χ1n) is 7.29. The SMILES string of the molecule is Cc1cccc(NC(=O)c2ccccc2Oc2ccccc2)n1. The van der Waals surface area contributed by atoms with E-state index in [-0.39, 0.29) is 5.91 Å². The predicted octanol–water partition coefficient (Wildman–Crippen LogP) is 4.43. The van der Waals surface area contributed by atoms with Gasteiger partial charge in [0.1, 0.15) is 17.3 Å². The number of anilines is 1. The number of hydrogen-bond donors (Lipinski definition) is 1. The molecule has 1 amide bonds. The normalized spacial score (nSPS) is 10.1. The summed E-state index contributed by atoms with van der Waals surface area (Å²) in [5, 5.41) is 2.80. The Labute approximate surface area is 134 Å². The van der Waals surface area contributed by atoms with Gasteiger partial charge in [0.15, 0.2) is 0 Å². The standard InChI is InChI=1S/C19H16N2O2/c1-14-8-7-13-18(20-14)21-19(22)16-11-5-6-12-17(16)23-15-9-3-2-4-10-15/h2-13H,1H3,(H,20,21,22). The molecular formula is C19H16N2O2. The molecular weight excluding hydrogens is 288 g/mol. The number of pyridine rings is 1. The largest absolute Gasteiger partial charge is 0.457 e. The van der Waals surface area contributed by atoms with E-state index in [4.69, 9.17) is 4.74 Å². The van der Waals surface area contributed by atoms with Crippen molar-refractivity contribution in [1.29, 1.82) is 0 Å². The summed E-state index contributed by atoms with van der Waals surface area (Å²) in [6.07, 6.45) is 0. The molecule has 0 unspecified atom stereocenters. The van der Waals surface area contributed by atoms with E-state index in [1.165, 1.54) is 0 Å². The number of aromatic nitrogens is 1.